The number of hydrogen-bond acceptors (Lipinski definition) is 8. The van der Waals surface area contributed by atoms with E-state index in [9.17, 15) is 40.8 Å². The molecule has 0 spiro atoms. The van der Waals surface area contributed by atoms with Crippen LogP contribution in [-0.2, 0) is 33.5 Å². The fourth-order valence-corrected chi connectivity index (χ4v) is 3.86. The highest BCUT2D eigenvalue weighted by Gasteiger charge is 2.52. The summed E-state index contributed by atoms with van der Waals surface area (Å²) < 4.78 is 70.7. The highest BCUT2D eigenvalue weighted by Crippen LogP contribution is 2.38. The lowest BCUT2D eigenvalue weighted by Crippen LogP contribution is -2.45. The first-order valence-electron chi connectivity index (χ1n) is 10.0. The van der Waals surface area contributed by atoms with Gasteiger partial charge in [-0.1, -0.05) is 18.2 Å². The highest BCUT2D eigenvalue weighted by molar-refractivity contribution is 7.87. The average Bonchev–Trinajstić information content (AvgIpc) is 2.89. The van der Waals surface area contributed by atoms with Crippen molar-refractivity contribution in [1.82, 2.24) is 5.06 Å². The standard InChI is InChI=1S/C21H18F3NO9S/c1-20(33-16(28)8-3-2-7-15(26)27)10-9-12-5-4-6-13-17(12)14(11-20)19(30)25(18(13)29)34-35(31,32)21(22,23)24/h4-6,9-11H,2-3,7-8H2,1H3,(H,26,27). The molecule has 1 atom stereocenters. The average molecular weight is 517 g/mol. The van der Waals surface area contributed by atoms with Gasteiger partial charge in [0.2, 0.25) is 0 Å². The summed E-state index contributed by atoms with van der Waals surface area (Å²) in [6, 6.07) is 4.02. The molecule has 0 saturated heterocycles. The van der Waals surface area contributed by atoms with Crippen LogP contribution in [0.3, 0.4) is 0 Å². The van der Waals surface area contributed by atoms with Crippen molar-refractivity contribution in [2.24, 2.45) is 0 Å². The van der Waals surface area contributed by atoms with Crippen molar-refractivity contribution in [2.45, 2.75) is 43.7 Å². The first kappa shape index (κ1) is 26.1. The van der Waals surface area contributed by atoms with E-state index in [4.69, 9.17) is 9.84 Å². The minimum absolute atomic E-state index is 0.00392. The second-order valence-corrected chi connectivity index (χ2v) is 9.32. The lowest BCUT2D eigenvalue weighted by atomic mass is 9.90. The van der Waals surface area contributed by atoms with Gasteiger partial charge < -0.3 is 9.84 Å². The van der Waals surface area contributed by atoms with E-state index in [0.717, 1.165) is 6.08 Å². The van der Waals surface area contributed by atoms with Gasteiger partial charge in [-0.2, -0.15) is 21.6 Å². The Balaban J connectivity index is 1.97. The quantitative estimate of drug-likeness (QED) is 0.238. The first-order chi connectivity index (χ1) is 16.2. The van der Waals surface area contributed by atoms with Gasteiger partial charge in [-0.15, -0.1) is 9.35 Å². The number of rotatable bonds is 8. The maximum Gasteiger partial charge on any atom is 0.525 e. The van der Waals surface area contributed by atoms with Crippen LogP contribution in [-0.4, -0.2) is 53.4 Å². The van der Waals surface area contributed by atoms with E-state index in [0.29, 0.717) is 0 Å². The normalized spacial score (nSPS) is 19.7. The minimum Gasteiger partial charge on any atom is -0.481 e. The molecular weight excluding hydrogens is 499 g/mol. The summed E-state index contributed by atoms with van der Waals surface area (Å²) >= 11 is 0. The number of imide groups is 1. The summed E-state index contributed by atoms with van der Waals surface area (Å²) in [5, 5.41) is 8.16. The van der Waals surface area contributed by atoms with E-state index in [1.165, 1.54) is 37.3 Å². The molecule has 0 bridgehead atoms. The van der Waals surface area contributed by atoms with Crippen molar-refractivity contribution in [3.05, 3.63) is 47.0 Å². The van der Waals surface area contributed by atoms with E-state index in [2.05, 4.69) is 4.28 Å². The van der Waals surface area contributed by atoms with Gasteiger partial charge in [0, 0.05) is 18.4 Å². The SMILES string of the molecule is CC1(OC(=O)CCCCC(=O)O)C=Cc2cccc3c2C(=C1)C(=O)N(OS(=O)(=O)C(F)(F)F)C3=O. The first-order valence-corrected chi connectivity index (χ1v) is 11.4. The number of carboxylic acid groups (broad SMARTS) is 1. The number of nitrogens with zero attached hydrogens (tertiary/aromatic N) is 1. The molecule has 2 amide bonds. The zero-order valence-corrected chi connectivity index (χ0v) is 18.8. The molecule has 1 aromatic rings. The Morgan fingerprint density at radius 1 is 1.11 bits per heavy atom. The number of hydrogen-bond donors (Lipinski definition) is 1. The molecule has 1 N–H and O–H groups in total. The van der Waals surface area contributed by atoms with Gasteiger partial charge in [0.25, 0.3) is 11.8 Å². The maximum atomic E-state index is 13.0. The smallest absolute Gasteiger partial charge is 0.481 e. The zero-order chi connectivity index (χ0) is 26.2. The van der Waals surface area contributed by atoms with Crippen molar-refractivity contribution in [2.75, 3.05) is 0 Å². The van der Waals surface area contributed by atoms with Gasteiger partial charge >= 0.3 is 27.6 Å². The predicted molar refractivity (Wildman–Crippen MR) is 111 cm³/mol. The molecular formula is C21H18F3NO9S. The van der Waals surface area contributed by atoms with E-state index >= 15 is 0 Å². The van der Waals surface area contributed by atoms with Crippen LogP contribution < -0.4 is 0 Å². The lowest BCUT2D eigenvalue weighted by molar-refractivity contribution is -0.151. The van der Waals surface area contributed by atoms with Crippen LogP contribution in [0.4, 0.5) is 13.2 Å². The Bertz CT molecular complexity index is 1270. The third-order valence-corrected chi connectivity index (χ3v) is 5.94. The van der Waals surface area contributed by atoms with Gasteiger partial charge in [-0.05, 0) is 43.5 Å². The largest absolute Gasteiger partial charge is 0.525 e. The second kappa shape index (κ2) is 9.26. The van der Waals surface area contributed by atoms with Crippen molar-refractivity contribution in [3.63, 3.8) is 0 Å². The number of hydroxylamine groups is 2. The molecule has 0 aromatic heterocycles. The molecule has 14 heteroatoms. The summed E-state index contributed by atoms with van der Waals surface area (Å²) in [5.41, 5.74) is -7.96. The number of unbranched alkanes of at least 4 members (excludes halogenated alkanes) is 1. The molecule has 0 radical (unpaired) electrons. The molecule has 1 unspecified atom stereocenters. The number of carbonyl (C=O) groups excluding carboxylic acids is 3. The monoisotopic (exact) mass is 517 g/mol. The van der Waals surface area contributed by atoms with E-state index in [1.807, 2.05) is 0 Å². The third kappa shape index (κ3) is 5.43. The summed E-state index contributed by atoms with van der Waals surface area (Å²) in [6.07, 6.45) is 4.00. The van der Waals surface area contributed by atoms with Crippen molar-refractivity contribution in [3.8, 4) is 0 Å². The van der Waals surface area contributed by atoms with Crippen LogP contribution in [0.25, 0.3) is 11.6 Å². The Labute approximate surface area is 196 Å². The van der Waals surface area contributed by atoms with Gasteiger partial charge in [0.1, 0.15) is 5.60 Å². The van der Waals surface area contributed by atoms with Gasteiger partial charge in [0.15, 0.2) is 0 Å². The van der Waals surface area contributed by atoms with Crippen LogP contribution in [0.5, 0.6) is 0 Å². The lowest BCUT2D eigenvalue weighted by Gasteiger charge is -2.29. The summed E-state index contributed by atoms with van der Waals surface area (Å²) in [7, 11) is -6.35. The summed E-state index contributed by atoms with van der Waals surface area (Å²) in [4.78, 5) is 48.5. The Kier molecular flexibility index (Phi) is 6.90. The zero-order valence-electron chi connectivity index (χ0n) is 18.0. The van der Waals surface area contributed by atoms with Crippen molar-refractivity contribution < 1.29 is 54.9 Å². The van der Waals surface area contributed by atoms with Crippen molar-refractivity contribution in [1.29, 1.82) is 0 Å². The second-order valence-electron chi connectivity index (χ2n) is 7.80. The van der Waals surface area contributed by atoms with Crippen LogP contribution in [0.1, 0.15) is 54.1 Å². The Morgan fingerprint density at radius 2 is 1.77 bits per heavy atom. The van der Waals surface area contributed by atoms with Crippen molar-refractivity contribution >= 4 is 45.5 Å². The number of amides is 2. The number of ether oxygens (including phenoxy) is 1. The third-order valence-electron chi connectivity index (χ3n) is 5.03. The number of aliphatic carboxylic acids is 1. The molecule has 2 aliphatic rings. The van der Waals surface area contributed by atoms with Gasteiger partial charge in [-0.3, -0.25) is 19.2 Å². The molecule has 0 saturated carbocycles. The Hall–Kier alpha value is -3.52. The van der Waals surface area contributed by atoms with Crippen LogP contribution >= 0.6 is 0 Å². The molecule has 35 heavy (non-hydrogen) atoms. The van der Waals surface area contributed by atoms with E-state index in [1.54, 1.807) is 0 Å². The molecule has 1 aliphatic heterocycles. The molecule has 1 aliphatic carbocycles. The highest BCUT2D eigenvalue weighted by atomic mass is 32.2. The topological polar surface area (TPSA) is 144 Å². The van der Waals surface area contributed by atoms with Crippen LogP contribution in [0, 0.1) is 0 Å². The van der Waals surface area contributed by atoms with Gasteiger partial charge in [0.05, 0.1) is 11.1 Å². The number of alkyl halides is 3. The van der Waals surface area contributed by atoms with Crippen LogP contribution in [0.15, 0.2) is 30.4 Å². The molecule has 1 aromatic carbocycles. The molecule has 188 valence electrons. The Morgan fingerprint density at radius 3 is 2.40 bits per heavy atom. The molecule has 0 fully saturated rings. The number of carboxylic acids is 1. The number of esters is 1. The van der Waals surface area contributed by atoms with Gasteiger partial charge in [-0.25, -0.2) is 0 Å². The molecule has 1 heterocycles. The molecule has 3 rings (SSSR count). The number of benzene rings is 1. The van der Waals surface area contributed by atoms with E-state index in [-0.39, 0.29) is 42.4 Å². The number of carbonyl (C=O) groups is 4. The minimum atomic E-state index is -6.35. The fraction of sp³-hybridized carbons (Fsp3) is 0.333. The fourth-order valence-electron chi connectivity index (χ4n) is 3.44. The van der Waals surface area contributed by atoms with Crippen LogP contribution in [0.2, 0.25) is 0 Å². The number of halogens is 3. The molecule has 10 nitrogen and oxygen atoms in total. The predicted octanol–water partition coefficient (Wildman–Crippen LogP) is 2.81. The summed E-state index contributed by atoms with van der Waals surface area (Å²) in [5.74, 6) is -4.71. The maximum absolute atomic E-state index is 13.0. The summed E-state index contributed by atoms with van der Waals surface area (Å²) in [6.45, 7) is 1.36. The van der Waals surface area contributed by atoms with E-state index < -0.39 is 55.6 Å².